The zero-order valence-corrected chi connectivity index (χ0v) is 12.2. The number of thiophene rings is 1. The third-order valence-corrected chi connectivity index (χ3v) is 5.00. The maximum atomic E-state index is 12.4. The first-order valence-electron chi connectivity index (χ1n) is 6.89. The van der Waals surface area contributed by atoms with Crippen LogP contribution >= 0.6 is 11.3 Å². The van der Waals surface area contributed by atoms with Gasteiger partial charge in [0.1, 0.15) is 6.04 Å². The summed E-state index contributed by atoms with van der Waals surface area (Å²) >= 11 is 1.58. The first-order valence-corrected chi connectivity index (χ1v) is 7.77. The molecular weight excluding hydrogens is 276 g/mol. The van der Waals surface area contributed by atoms with E-state index in [0.29, 0.717) is 13.2 Å². The lowest BCUT2D eigenvalue weighted by atomic mass is 9.94. The van der Waals surface area contributed by atoms with Crippen LogP contribution < -0.4 is 5.32 Å². The van der Waals surface area contributed by atoms with E-state index >= 15 is 0 Å². The second-order valence-electron chi connectivity index (χ2n) is 5.36. The minimum atomic E-state index is -0.414. The minimum absolute atomic E-state index is 0.106. The lowest BCUT2D eigenvalue weighted by Crippen LogP contribution is -2.41. The van der Waals surface area contributed by atoms with E-state index in [4.69, 9.17) is 4.74 Å². The molecule has 6 heteroatoms. The summed E-state index contributed by atoms with van der Waals surface area (Å²) in [6.07, 6.45) is 1.89. The quantitative estimate of drug-likeness (QED) is 0.866. The van der Waals surface area contributed by atoms with Crippen molar-refractivity contribution in [2.24, 2.45) is 5.92 Å². The first-order chi connectivity index (χ1) is 9.66. The van der Waals surface area contributed by atoms with Crippen LogP contribution in [0, 0.1) is 12.8 Å². The Kier molecular flexibility index (Phi) is 3.76. The van der Waals surface area contributed by atoms with E-state index < -0.39 is 6.04 Å². The Hall–Kier alpha value is -1.40. The molecule has 1 N–H and O–H groups in total. The second kappa shape index (κ2) is 5.54. The molecule has 0 aliphatic carbocycles. The summed E-state index contributed by atoms with van der Waals surface area (Å²) in [7, 11) is 0. The summed E-state index contributed by atoms with van der Waals surface area (Å²) in [5.74, 6) is -0.00654. The molecular formula is C14H18N2O3S. The van der Waals surface area contributed by atoms with Gasteiger partial charge >= 0.3 is 6.03 Å². The zero-order chi connectivity index (χ0) is 14.1. The van der Waals surface area contributed by atoms with E-state index in [1.807, 2.05) is 18.4 Å². The zero-order valence-electron chi connectivity index (χ0n) is 11.4. The Bertz CT molecular complexity index is 522. The number of aryl methyl sites for hydroxylation is 1. The smallest absolute Gasteiger partial charge is 0.325 e. The van der Waals surface area contributed by atoms with Crippen LogP contribution in [0.2, 0.25) is 0 Å². The number of amides is 3. The highest BCUT2D eigenvalue weighted by molar-refractivity contribution is 7.10. The van der Waals surface area contributed by atoms with Crippen molar-refractivity contribution in [2.45, 2.75) is 32.4 Å². The van der Waals surface area contributed by atoms with E-state index in [-0.39, 0.29) is 17.9 Å². The number of rotatable bonds is 3. The van der Waals surface area contributed by atoms with Gasteiger partial charge in [-0.2, -0.15) is 0 Å². The van der Waals surface area contributed by atoms with Gasteiger partial charge in [0.05, 0.1) is 13.2 Å². The molecule has 0 saturated carbocycles. The number of ether oxygens (including phenoxy) is 1. The standard InChI is InChI=1S/C14H18N2O3S/c1-9-4-6-20-11(9)7-16-13(17)12(15-14(16)18)10-3-2-5-19-8-10/h4,6,10,12H,2-3,5,7-8H2,1H3,(H,15,18). The Morgan fingerprint density at radius 3 is 3.00 bits per heavy atom. The summed E-state index contributed by atoms with van der Waals surface area (Å²) in [4.78, 5) is 26.9. The molecule has 0 bridgehead atoms. The normalized spacial score (nSPS) is 26.9. The summed E-state index contributed by atoms with van der Waals surface area (Å²) in [6, 6.07) is 1.31. The van der Waals surface area contributed by atoms with Crippen molar-refractivity contribution in [1.82, 2.24) is 10.2 Å². The van der Waals surface area contributed by atoms with Gasteiger partial charge in [0.2, 0.25) is 0 Å². The van der Waals surface area contributed by atoms with Gasteiger partial charge in [0, 0.05) is 17.4 Å². The fraction of sp³-hybridized carbons (Fsp3) is 0.571. The van der Waals surface area contributed by atoms with Crippen molar-refractivity contribution in [3.05, 3.63) is 21.9 Å². The lowest BCUT2D eigenvalue weighted by Gasteiger charge is -2.25. The molecule has 2 aliphatic heterocycles. The van der Waals surface area contributed by atoms with Crippen LogP contribution in [-0.4, -0.2) is 36.1 Å². The largest absolute Gasteiger partial charge is 0.381 e. The number of carbonyl (C=O) groups excluding carboxylic acids is 2. The highest BCUT2D eigenvalue weighted by atomic mass is 32.1. The molecule has 3 heterocycles. The predicted octanol–water partition coefficient (Wildman–Crippen LogP) is 1.90. The Morgan fingerprint density at radius 2 is 2.35 bits per heavy atom. The van der Waals surface area contributed by atoms with Gasteiger partial charge in [-0.3, -0.25) is 9.69 Å². The van der Waals surface area contributed by atoms with E-state index in [1.54, 1.807) is 11.3 Å². The fourth-order valence-corrected chi connectivity index (χ4v) is 3.64. The number of carbonyl (C=O) groups is 2. The van der Waals surface area contributed by atoms with E-state index in [2.05, 4.69) is 5.32 Å². The number of hydrogen-bond donors (Lipinski definition) is 1. The van der Waals surface area contributed by atoms with Gasteiger partial charge in [-0.1, -0.05) is 0 Å². The summed E-state index contributed by atoms with van der Waals surface area (Å²) in [6.45, 7) is 3.68. The molecule has 1 aromatic rings. The summed E-state index contributed by atoms with van der Waals surface area (Å²) in [5.41, 5.74) is 1.13. The molecule has 3 rings (SSSR count). The van der Waals surface area contributed by atoms with Gasteiger partial charge in [-0.05, 0) is 36.8 Å². The molecule has 2 atom stereocenters. The SMILES string of the molecule is Cc1ccsc1CN1C(=O)NC(C2CCCOC2)C1=O. The Balaban J connectivity index is 1.71. The highest BCUT2D eigenvalue weighted by Crippen LogP contribution is 2.25. The first kappa shape index (κ1) is 13.6. The number of imide groups is 1. The van der Waals surface area contributed by atoms with Gasteiger partial charge in [-0.15, -0.1) is 11.3 Å². The average molecular weight is 294 g/mol. The molecule has 0 aromatic carbocycles. The van der Waals surface area contributed by atoms with Gasteiger partial charge in [0.15, 0.2) is 0 Å². The molecule has 0 spiro atoms. The number of nitrogens with one attached hydrogen (secondary N) is 1. The van der Waals surface area contributed by atoms with Crippen LogP contribution in [0.25, 0.3) is 0 Å². The van der Waals surface area contributed by atoms with Crippen LogP contribution in [-0.2, 0) is 16.1 Å². The third-order valence-electron chi connectivity index (χ3n) is 3.99. The van der Waals surface area contributed by atoms with Crippen LogP contribution in [0.4, 0.5) is 4.79 Å². The molecule has 2 unspecified atom stereocenters. The molecule has 2 aliphatic rings. The Labute approximate surface area is 121 Å². The third kappa shape index (κ3) is 2.45. The van der Waals surface area contributed by atoms with Crippen molar-refractivity contribution < 1.29 is 14.3 Å². The van der Waals surface area contributed by atoms with Crippen molar-refractivity contribution in [1.29, 1.82) is 0 Å². The predicted molar refractivity (Wildman–Crippen MR) is 75.5 cm³/mol. The van der Waals surface area contributed by atoms with Crippen LogP contribution in [0.15, 0.2) is 11.4 Å². The fourth-order valence-electron chi connectivity index (χ4n) is 2.75. The number of urea groups is 1. The van der Waals surface area contributed by atoms with Gasteiger partial charge < -0.3 is 10.1 Å². The molecule has 20 heavy (non-hydrogen) atoms. The van der Waals surface area contributed by atoms with Crippen molar-refractivity contribution in [3.8, 4) is 0 Å². The molecule has 0 radical (unpaired) electrons. The van der Waals surface area contributed by atoms with E-state index in [1.165, 1.54) is 4.90 Å². The summed E-state index contributed by atoms with van der Waals surface area (Å²) in [5, 5.41) is 4.80. The van der Waals surface area contributed by atoms with Gasteiger partial charge in [-0.25, -0.2) is 4.79 Å². The summed E-state index contributed by atoms with van der Waals surface area (Å²) < 4.78 is 5.42. The Morgan fingerprint density at radius 1 is 1.50 bits per heavy atom. The molecule has 5 nitrogen and oxygen atoms in total. The van der Waals surface area contributed by atoms with Gasteiger partial charge in [0.25, 0.3) is 5.91 Å². The van der Waals surface area contributed by atoms with Crippen LogP contribution in [0.1, 0.15) is 23.3 Å². The maximum Gasteiger partial charge on any atom is 0.325 e. The molecule has 2 saturated heterocycles. The minimum Gasteiger partial charge on any atom is -0.381 e. The second-order valence-corrected chi connectivity index (χ2v) is 6.36. The van der Waals surface area contributed by atoms with Crippen molar-refractivity contribution in [3.63, 3.8) is 0 Å². The number of hydrogen-bond acceptors (Lipinski definition) is 4. The van der Waals surface area contributed by atoms with Crippen LogP contribution in [0.3, 0.4) is 0 Å². The van der Waals surface area contributed by atoms with E-state index in [0.717, 1.165) is 29.9 Å². The lowest BCUT2D eigenvalue weighted by molar-refractivity contribution is -0.130. The van der Waals surface area contributed by atoms with E-state index in [9.17, 15) is 9.59 Å². The molecule has 2 fully saturated rings. The monoisotopic (exact) mass is 294 g/mol. The van der Waals surface area contributed by atoms with Crippen molar-refractivity contribution in [2.75, 3.05) is 13.2 Å². The molecule has 108 valence electrons. The highest BCUT2D eigenvalue weighted by Gasteiger charge is 2.42. The maximum absolute atomic E-state index is 12.4. The number of nitrogens with zero attached hydrogens (tertiary/aromatic N) is 1. The topological polar surface area (TPSA) is 58.6 Å². The average Bonchev–Trinajstić information content (AvgIpc) is 2.98. The van der Waals surface area contributed by atoms with Crippen LogP contribution in [0.5, 0.6) is 0 Å². The molecule has 1 aromatic heterocycles. The van der Waals surface area contributed by atoms with Crippen molar-refractivity contribution >= 4 is 23.3 Å². The molecule has 3 amide bonds.